The molecule has 5 atom stereocenters. The average molecular weight is 492 g/mol. The Balaban J connectivity index is 5.28. The SMILES string of the molecule is CC(O)C(NC(=O)C(N)CCCN=C(N)N)C(=O)NC(CCC(=O)O)C(=O)NC(CO)C(=O)O. The third-order valence-electron chi connectivity index (χ3n) is 4.44. The number of aliphatic hydroxyl groups excluding tert-OH is 2. The Labute approximate surface area is 194 Å². The van der Waals surface area contributed by atoms with E-state index in [0.717, 1.165) is 0 Å². The predicted molar refractivity (Wildman–Crippen MR) is 117 cm³/mol. The van der Waals surface area contributed by atoms with Crippen LogP contribution in [0.4, 0.5) is 0 Å². The molecule has 0 fully saturated rings. The lowest BCUT2D eigenvalue weighted by atomic mass is 10.1. The Kier molecular flexibility index (Phi) is 13.8. The standard InChI is InChI=1S/C18H33N7O9/c1-8(27)13(25-14(30)9(19)3-2-6-22-18(20)21)16(32)23-10(4-5-12(28)29)15(31)24-11(7-26)17(33)34/h8-11,13,26-27H,2-7,19H2,1H3,(H,23,32)(H,24,31)(H,25,30)(H,28,29)(H,33,34)(H4,20,21,22). The number of nitrogens with zero attached hydrogens (tertiary/aromatic N) is 1. The van der Waals surface area contributed by atoms with Gasteiger partial charge in [-0.25, -0.2) is 4.79 Å². The summed E-state index contributed by atoms with van der Waals surface area (Å²) in [6.45, 7) is 0.455. The van der Waals surface area contributed by atoms with Crippen molar-refractivity contribution in [1.82, 2.24) is 16.0 Å². The summed E-state index contributed by atoms with van der Waals surface area (Å²) in [5.41, 5.74) is 16.2. The Morgan fingerprint density at radius 1 is 0.912 bits per heavy atom. The van der Waals surface area contributed by atoms with Crippen LogP contribution >= 0.6 is 0 Å². The van der Waals surface area contributed by atoms with Gasteiger partial charge in [0, 0.05) is 13.0 Å². The number of amides is 3. The van der Waals surface area contributed by atoms with Crippen LogP contribution in [-0.4, -0.2) is 99.5 Å². The molecule has 5 unspecified atom stereocenters. The van der Waals surface area contributed by atoms with Crippen LogP contribution in [0.25, 0.3) is 0 Å². The van der Waals surface area contributed by atoms with Gasteiger partial charge in [-0.2, -0.15) is 0 Å². The van der Waals surface area contributed by atoms with E-state index in [-0.39, 0.29) is 18.9 Å². The zero-order valence-corrected chi connectivity index (χ0v) is 18.6. The molecular weight excluding hydrogens is 458 g/mol. The minimum absolute atomic E-state index is 0.126. The number of guanidine groups is 1. The van der Waals surface area contributed by atoms with Gasteiger partial charge >= 0.3 is 11.9 Å². The van der Waals surface area contributed by atoms with Gasteiger partial charge < -0.3 is 53.6 Å². The Morgan fingerprint density at radius 2 is 1.50 bits per heavy atom. The van der Waals surface area contributed by atoms with Crippen molar-refractivity contribution in [3.05, 3.63) is 0 Å². The lowest BCUT2D eigenvalue weighted by molar-refractivity contribution is -0.144. The van der Waals surface area contributed by atoms with E-state index in [4.69, 9.17) is 32.5 Å². The molecule has 0 aliphatic rings. The number of hydrogen-bond donors (Lipinski definition) is 10. The molecule has 16 heteroatoms. The van der Waals surface area contributed by atoms with Crippen molar-refractivity contribution in [2.45, 2.75) is 62.9 Å². The minimum Gasteiger partial charge on any atom is -0.481 e. The molecule has 0 radical (unpaired) electrons. The molecule has 0 aliphatic carbocycles. The Bertz CT molecular complexity index is 756. The van der Waals surface area contributed by atoms with Crippen LogP contribution < -0.4 is 33.2 Å². The van der Waals surface area contributed by atoms with Crippen LogP contribution in [0.15, 0.2) is 4.99 Å². The van der Waals surface area contributed by atoms with Crippen LogP contribution in [0.2, 0.25) is 0 Å². The van der Waals surface area contributed by atoms with Crippen LogP contribution in [-0.2, 0) is 24.0 Å². The molecular formula is C18H33N7O9. The lowest BCUT2D eigenvalue weighted by Crippen LogP contribution is -2.60. The molecule has 0 spiro atoms. The van der Waals surface area contributed by atoms with E-state index in [0.29, 0.717) is 6.42 Å². The second kappa shape index (κ2) is 15.4. The first-order chi connectivity index (χ1) is 15.8. The molecule has 0 saturated carbocycles. The maximum atomic E-state index is 12.7. The zero-order chi connectivity index (χ0) is 26.4. The van der Waals surface area contributed by atoms with Gasteiger partial charge in [0.25, 0.3) is 0 Å². The largest absolute Gasteiger partial charge is 0.481 e. The fraction of sp³-hybridized carbons (Fsp3) is 0.667. The molecule has 13 N–H and O–H groups in total. The summed E-state index contributed by atoms with van der Waals surface area (Å²) in [7, 11) is 0. The maximum absolute atomic E-state index is 12.7. The maximum Gasteiger partial charge on any atom is 0.328 e. The average Bonchev–Trinajstić information content (AvgIpc) is 2.74. The van der Waals surface area contributed by atoms with Crippen molar-refractivity contribution < 1.29 is 44.4 Å². The van der Waals surface area contributed by atoms with E-state index in [2.05, 4.69) is 15.6 Å². The van der Waals surface area contributed by atoms with Crippen LogP contribution in [0.3, 0.4) is 0 Å². The van der Waals surface area contributed by atoms with Gasteiger partial charge in [-0.3, -0.25) is 24.2 Å². The number of hydrogen-bond acceptors (Lipinski definition) is 9. The molecule has 34 heavy (non-hydrogen) atoms. The summed E-state index contributed by atoms with van der Waals surface area (Å²) in [5, 5.41) is 43.2. The highest BCUT2D eigenvalue weighted by Gasteiger charge is 2.32. The molecule has 3 amide bonds. The van der Waals surface area contributed by atoms with Crippen molar-refractivity contribution in [2.75, 3.05) is 13.2 Å². The van der Waals surface area contributed by atoms with Crippen molar-refractivity contribution in [3.63, 3.8) is 0 Å². The van der Waals surface area contributed by atoms with E-state index in [1.165, 1.54) is 6.92 Å². The molecule has 16 nitrogen and oxygen atoms in total. The molecule has 0 aliphatic heterocycles. The summed E-state index contributed by atoms with van der Waals surface area (Å²) >= 11 is 0. The first-order valence-electron chi connectivity index (χ1n) is 10.3. The molecule has 194 valence electrons. The predicted octanol–water partition coefficient (Wildman–Crippen LogP) is -4.86. The summed E-state index contributed by atoms with van der Waals surface area (Å²) in [6.07, 6.45) is -1.94. The number of aliphatic hydroxyl groups is 2. The highest BCUT2D eigenvalue weighted by molar-refractivity contribution is 5.94. The first-order valence-corrected chi connectivity index (χ1v) is 10.3. The Morgan fingerprint density at radius 3 is 1.97 bits per heavy atom. The van der Waals surface area contributed by atoms with Gasteiger partial charge in [0.15, 0.2) is 5.96 Å². The lowest BCUT2D eigenvalue weighted by Gasteiger charge is -2.26. The number of aliphatic imine (C=N–C) groups is 1. The van der Waals surface area contributed by atoms with E-state index in [9.17, 15) is 29.1 Å². The van der Waals surface area contributed by atoms with Gasteiger partial charge in [-0.1, -0.05) is 0 Å². The second-order valence-electron chi connectivity index (χ2n) is 7.36. The molecule has 0 bridgehead atoms. The van der Waals surface area contributed by atoms with Crippen molar-refractivity contribution in [3.8, 4) is 0 Å². The van der Waals surface area contributed by atoms with Crippen molar-refractivity contribution >= 4 is 35.6 Å². The fourth-order valence-electron chi connectivity index (χ4n) is 2.57. The molecule has 0 rings (SSSR count). The third-order valence-corrected chi connectivity index (χ3v) is 4.44. The number of carbonyl (C=O) groups is 5. The van der Waals surface area contributed by atoms with Gasteiger partial charge in [-0.15, -0.1) is 0 Å². The van der Waals surface area contributed by atoms with Crippen LogP contribution in [0, 0.1) is 0 Å². The van der Waals surface area contributed by atoms with Crippen LogP contribution in [0.1, 0.15) is 32.6 Å². The van der Waals surface area contributed by atoms with Gasteiger partial charge in [0.1, 0.15) is 18.1 Å². The molecule has 0 saturated heterocycles. The monoisotopic (exact) mass is 491 g/mol. The van der Waals surface area contributed by atoms with E-state index < -0.39 is 79.4 Å². The quantitative estimate of drug-likeness (QED) is 0.0552. The minimum atomic E-state index is -1.69. The van der Waals surface area contributed by atoms with Crippen LogP contribution in [0.5, 0.6) is 0 Å². The molecule has 0 heterocycles. The number of nitrogens with two attached hydrogens (primary N) is 3. The van der Waals surface area contributed by atoms with E-state index >= 15 is 0 Å². The highest BCUT2D eigenvalue weighted by Crippen LogP contribution is 2.04. The van der Waals surface area contributed by atoms with Crippen molar-refractivity contribution in [2.24, 2.45) is 22.2 Å². The Hall–Kier alpha value is -3.50. The number of carboxylic acids is 2. The van der Waals surface area contributed by atoms with E-state index in [1.807, 2.05) is 5.32 Å². The summed E-state index contributed by atoms with van der Waals surface area (Å²) in [4.78, 5) is 63.0. The fourth-order valence-corrected chi connectivity index (χ4v) is 2.57. The zero-order valence-electron chi connectivity index (χ0n) is 18.6. The van der Waals surface area contributed by atoms with Gasteiger partial charge in [-0.05, 0) is 26.2 Å². The smallest absolute Gasteiger partial charge is 0.328 e. The molecule has 0 aromatic rings. The first kappa shape index (κ1) is 30.5. The topological polar surface area (TPSA) is 293 Å². The van der Waals surface area contributed by atoms with E-state index in [1.54, 1.807) is 0 Å². The van der Waals surface area contributed by atoms with Gasteiger partial charge in [0.2, 0.25) is 17.7 Å². The number of rotatable bonds is 16. The summed E-state index contributed by atoms with van der Waals surface area (Å²) in [5.74, 6) is -5.89. The third kappa shape index (κ3) is 11.9. The molecule has 0 aromatic heterocycles. The number of nitrogens with one attached hydrogen (secondary N) is 3. The number of carboxylic acid groups (broad SMARTS) is 2. The number of carbonyl (C=O) groups excluding carboxylic acids is 3. The summed E-state index contributed by atoms with van der Waals surface area (Å²) < 4.78 is 0. The second-order valence-corrected chi connectivity index (χ2v) is 7.36. The number of aliphatic carboxylic acids is 2. The highest BCUT2D eigenvalue weighted by atomic mass is 16.4. The normalized spacial score (nSPS) is 15.1. The summed E-state index contributed by atoms with van der Waals surface area (Å²) in [6, 6.07) is -5.87. The van der Waals surface area contributed by atoms with Crippen molar-refractivity contribution in [1.29, 1.82) is 0 Å². The molecule has 0 aromatic carbocycles. The van der Waals surface area contributed by atoms with Gasteiger partial charge in [0.05, 0.1) is 18.8 Å².